The predicted octanol–water partition coefficient (Wildman–Crippen LogP) is 4.87. The van der Waals surface area contributed by atoms with Gasteiger partial charge in [0.25, 0.3) is 5.69 Å². The summed E-state index contributed by atoms with van der Waals surface area (Å²) < 4.78 is 5.81. The van der Waals surface area contributed by atoms with Crippen LogP contribution in [0, 0.1) is 24.0 Å². The standard InChI is InChI=1S/C24H33N3O3/c1-17-12-23(24(27(28)29)13-18(17)2)25-11-5-6-21-7-9-22(10-8-21)16-26-14-19(3)30-20(4)15-26/h7-10,12-13,19-20,25H,5-6,11,14-16H2,1-4H3. The molecule has 1 saturated heterocycles. The van der Waals surface area contributed by atoms with Crippen molar-refractivity contribution in [3.63, 3.8) is 0 Å². The maximum Gasteiger partial charge on any atom is 0.292 e. The second-order valence-electron chi connectivity index (χ2n) is 8.51. The van der Waals surface area contributed by atoms with E-state index in [2.05, 4.69) is 48.3 Å². The number of hydrogen-bond donors (Lipinski definition) is 1. The molecular weight excluding hydrogens is 378 g/mol. The Bertz CT molecular complexity index is 857. The average molecular weight is 412 g/mol. The second kappa shape index (κ2) is 10.0. The third-order valence-corrected chi connectivity index (χ3v) is 5.69. The zero-order valence-corrected chi connectivity index (χ0v) is 18.5. The van der Waals surface area contributed by atoms with Crippen LogP contribution in [0.1, 0.15) is 42.5 Å². The first-order valence-electron chi connectivity index (χ1n) is 10.8. The summed E-state index contributed by atoms with van der Waals surface area (Å²) in [4.78, 5) is 13.4. The Morgan fingerprint density at radius 3 is 2.30 bits per heavy atom. The lowest BCUT2D eigenvalue weighted by Crippen LogP contribution is -2.44. The molecule has 162 valence electrons. The number of hydrogen-bond acceptors (Lipinski definition) is 5. The molecule has 0 amide bonds. The Kier molecular flexibility index (Phi) is 7.45. The number of anilines is 1. The molecule has 0 spiro atoms. The van der Waals surface area contributed by atoms with Crippen LogP contribution < -0.4 is 5.32 Å². The highest BCUT2D eigenvalue weighted by Gasteiger charge is 2.22. The second-order valence-corrected chi connectivity index (χ2v) is 8.51. The zero-order chi connectivity index (χ0) is 21.7. The number of nitro benzene ring substituents is 1. The van der Waals surface area contributed by atoms with E-state index in [0.717, 1.165) is 43.6 Å². The van der Waals surface area contributed by atoms with Crippen molar-refractivity contribution in [3.05, 3.63) is 68.8 Å². The van der Waals surface area contributed by atoms with Crippen molar-refractivity contribution in [2.45, 2.75) is 59.3 Å². The fourth-order valence-electron chi connectivity index (χ4n) is 4.09. The zero-order valence-electron chi connectivity index (χ0n) is 18.5. The van der Waals surface area contributed by atoms with Crippen LogP contribution in [-0.2, 0) is 17.7 Å². The Labute approximate surface area is 179 Å². The van der Waals surface area contributed by atoms with E-state index in [0.29, 0.717) is 12.2 Å². The summed E-state index contributed by atoms with van der Waals surface area (Å²) in [7, 11) is 0. The largest absolute Gasteiger partial charge is 0.379 e. The van der Waals surface area contributed by atoms with Crippen molar-refractivity contribution in [3.8, 4) is 0 Å². The van der Waals surface area contributed by atoms with Gasteiger partial charge in [-0.05, 0) is 68.9 Å². The monoisotopic (exact) mass is 411 g/mol. The normalized spacial score (nSPS) is 19.6. The SMILES string of the molecule is Cc1cc(NCCCc2ccc(CN3CC(C)OC(C)C3)cc2)c([N+](=O)[O-])cc1C. The topological polar surface area (TPSA) is 67.6 Å². The molecule has 2 atom stereocenters. The molecule has 3 rings (SSSR count). The van der Waals surface area contributed by atoms with Gasteiger partial charge in [0.15, 0.2) is 0 Å². The van der Waals surface area contributed by atoms with Crippen LogP contribution in [0.25, 0.3) is 0 Å². The molecule has 2 aromatic carbocycles. The van der Waals surface area contributed by atoms with E-state index in [-0.39, 0.29) is 22.8 Å². The van der Waals surface area contributed by atoms with Crippen LogP contribution in [0.5, 0.6) is 0 Å². The van der Waals surface area contributed by atoms with Crippen molar-refractivity contribution in [2.75, 3.05) is 25.0 Å². The molecule has 2 unspecified atom stereocenters. The van der Waals surface area contributed by atoms with E-state index < -0.39 is 0 Å². The summed E-state index contributed by atoms with van der Waals surface area (Å²) in [5.74, 6) is 0. The summed E-state index contributed by atoms with van der Waals surface area (Å²) in [5, 5.41) is 14.6. The summed E-state index contributed by atoms with van der Waals surface area (Å²) in [6.07, 6.45) is 2.43. The minimum absolute atomic E-state index is 0.147. The molecule has 0 radical (unpaired) electrons. The molecule has 0 bridgehead atoms. The van der Waals surface area contributed by atoms with Gasteiger partial charge in [-0.25, -0.2) is 0 Å². The van der Waals surface area contributed by atoms with Gasteiger partial charge in [0.05, 0.1) is 17.1 Å². The van der Waals surface area contributed by atoms with Gasteiger partial charge in [-0.2, -0.15) is 0 Å². The van der Waals surface area contributed by atoms with Gasteiger partial charge < -0.3 is 10.1 Å². The van der Waals surface area contributed by atoms with Crippen molar-refractivity contribution in [2.24, 2.45) is 0 Å². The Morgan fingerprint density at radius 2 is 1.67 bits per heavy atom. The number of nitrogens with one attached hydrogen (secondary N) is 1. The van der Waals surface area contributed by atoms with Gasteiger partial charge in [0.1, 0.15) is 5.69 Å². The van der Waals surface area contributed by atoms with Crippen LogP contribution in [0.15, 0.2) is 36.4 Å². The molecule has 2 aromatic rings. The Balaban J connectivity index is 1.48. The first-order valence-corrected chi connectivity index (χ1v) is 10.8. The highest BCUT2D eigenvalue weighted by Crippen LogP contribution is 2.28. The Hall–Kier alpha value is -2.44. The molecule has 0 aliphatic carbocycles. The fourth-order valence-corrected chi connectivity index (χ4v) is 4.09. The molecule has 6 heteroatoms. The fraction of sp³-hybridized carbons (Fsp3) is 0.500. The highest BCUT2D eigenvalue weighted by atomic mass is 16.6. The van der Waals surface area contributed by atoms with E-state index >= 15 is 0 Å². The molecule has 1 aliphatic heterocycles. The number of rotatable bonds is 8. The van der Waals surface area contributed by atoms with Crippen molar-refractivity contribution in [1.82, 2.24) is 4.90 Å². The van der Waals surface area contributed by atoms with E-state index in [4.69, 9.17) is 4.74 Å². The minimum atomic E-state index is -0.316. The number of nitrogens with zero attached hydrogens (tertiary/aromatic N) is 2. The molecule has 6 nitrogen and oxygen atoms in total. The number of aryl methyl sites for hydroxylation is 3. The lowest BCUT2D eigenvalue weighted by atomic mass is 10.1. The van der Waals surface area contributed by atoms with E-state index in [1.54, 1.807) is 6.07 Å². The first kappa shape index (κ1) is 22.2. The number of morpholine rings is 1. The smallest absolute Gasteiger partial charge is 0.292 e. The van der Waals surface area contributed by atoms with Gasteiger partial charge >= 0.3 is 0 Å². The molecular formula is C24H33N3O3. The molecule has 1 heterocycles. The summed E-state index contributed by atoms with van der Waals surface area (Å²) in [5.41, 5.74) is 5.36. The number of ether oxygens (including phenoxy) is 1. The van der Waals surface area contributed by atoms with Gasteiger partial charge in [-0.15, -0.1) is 0 Å². The van der Waals surface area contributed by atoms with Crippen LogP contribution >= 0.6 is 0 Å². The predicted molar refractivity (Wildman–Crippen MR) is 121 cm³/mol. The molecule has 1 aliphatic rings. The highest BCUT2D eigenvalue weighted by molar-refractivity contribution is 5.64. The molecule has 0 saturated carbocycles. The summed E-state index contributed by atoms with van der Waals surface area (Å²) in [6.45, 7) is 11.7. The third kappa shape index (κ3) is 6.03. The summed E-state index contributed by atoms with van der Waals surface area (Å²) in [6, 6.07) is 12.3. The number of benzene rings is 2. The lowest BCUT2D eigenvalue weighted by Gasteiger charge is -2.35. The van der Waals surface area contributed by atoms with Crippen LogP contribution in [0.4, 0.5) is 11.4 Å². The minimum Gasteiger partial charge on any atom is -0.379 e. The molecule has 1 fully saturated rings. The maximum absolute atomic E-state index is 11.3. The van der Waals surface area contributed by atoms with Gasteiger partial charge in [0, 0.05) is 32.2 Å². The van der Waals surface area contributed by atoms with Crippen molar-refractivity contribution < 1.29 is 9.66 Å². The summed E-state index contributed by atoms with van der Waals surface area (Å²) >= 11 is 0. The van der Waals surface area contributed by atoms with Gasteiger partial charge in [0.2, 0.25) is 0 Å². The van der Waals surface area contributed by atoms with Crippen molar-refractivity contribution >= 4 is 11.4 Å². The van der Waals surface area contributed by atoms with E-state index in [9.17, 15) is 10.1 Å². The first-order chi connectivity index (χ1) is 14.3. The van der Waals surface area contributed by atoms with Gasteiger partial charge in [-0.3, -0.25) is 15.0 Å². The van der Waals surface area contributed by atoms with Gasteiger partial charge in [-0.1, -0.05) is 24.3 Å². The number of nitro groups is 1. The Morgan fingerprint density at radius 1 is 1.07 bits per heavy atom. The molecule has 1 N–H and O–H groups in total. The third-order valence-electron chi connectivity index (χ3n) is 5.69. The lowest BCUT2D eigenvalue weighted by molar-refractivity contribution is -0.384. The van der Waals surface area contributed by atoms with Crippen LogP contribution in [0.2, 0.25) is 0 Å². The van der Waals surface area contributed by atoms with Crippen LogP contribution in [-0.4, -0.2) is 41.7 Å². The quantitative estimate of drug-likeness (QED) is 0.381. The maximum atomic E-state index is 11.3. The molecule has 0 aromatic heterocycles. The van der Waals surface area contributed by atoms with Crippen LogP contribution in [0.3, 0.4) is 0 Å². The van der Waals surface area contributed by atoms with Crippen molar-refractivity contribution in [1.29, 1.82) is 0 Å². The molecule has 30 heavy (non-hydrogen) atoms. The average Bonchev–Trinajstić information content (AvgIpc) is 2.68. The van der Waals surface area contributed by atoms with E-state index in [1.165, 1.54) is 11.1 Å². The van der Waals surface area contributed by atoms with E-state index in [1.807, 2.05) is 19.9 Å².